The third-order valence-electron chi connectivity index (χ3n) is 3.94. The van der Waals surface area contributed by atoms with Gasteiger partial charge in [0.25, 0.3) is 5.91 Å². The minimum atomic E-state index is -0.307. The van der Waals surface area contributed by atoms with Gasteiger partial charge in [-0.1, -0.05) is 70.5 Å². The molecule has 3 aromatic rings. The minimum absolute atomic E-state index is 0.0954. The summed E-state index contributed by atoms with van der Waals surface area (Å²) in [7, 11) is 0. The molecular formula is C22H19BrN2O2. The van der Waals surface area contributed by atoms with Gasteiger partial charge < -0.3 is 4.74 Å². The molecule has 0 atom stereocenters. The number of nitrogens with zero attached hydrogens (tertiary/aromatic N) is 1. The molecule has 3 aromatic carbocycles. The van der Waals surface area contributed by atoms with E-state index in [1.165, 1.54) is 0 Å². The molecule has 1 N–H and O–H groups in total. The summed E-state index contributed by atoms with van der Waals surface area (Å²) in [5, 5.41) is 4.11. The van der Waals surface area contributed by atoms with Gasteiger partial charge in [0.05, 0.1) is 5.71 Å². The zero-order chi connectivity index (χ0) is 19.1. The van der Waals surface area contributed by atoms with E-state index < -0.39 is 0 Å². The maximum absolute atomic E-state index is 11.9. The molecule has 0 saturated carbocycles. The predicted octanol–water partition coefficient (Wildman–Crippen LogP) is 5.04. The van der Waals surface area contributed by atoms with Gasteiger partial charge in [-0.05, 0) is 47.9 Å². The van der Waals surface area contributed by atoms with Gasteiger partial charge in [0.2, 0.25) is 0 Å². The fourth-order valence-corrected chi connectivity index (χ4v) is 2.72. The highest BCUT2D eigenvalue weighted by Crippen LogP contribution is 2.21. The van der Waals surface area contributed by atoms with E-state index in [0.29, 0.717) is 5.75 Å². The first-order chi connectivity index (χ1) is 13.1. The quantitative estimate of drug-likeness (QED) is 0.446. The molecule has 3 rings (SSSR count). The number of rotatable bonds is 6. The molecule has 0 spiro atoms. The van der Waals surface area contributed by atoms with Crippen molar-refractivity contribution in [3.8, 4) is 16.9 Å². The molecule has 0 aromatic heterocycles. The standard InChI is InChI=1S/C22H19BrN2O2/c1-16(17-7-11-20(23)12-8-17)24-25-22(26)15-27-21-13-9-19(10-14-21)18-5-3-2-4-6-18/h2-14H,15H2,1H3,(H,25,26). The number of ether oxygens (including phenoxy) is 1. The Kier molecular flexibility index (Phi) is 6.39. The topological polar surface area (TPSA) is 50.7 Å². The Morgan fingerprint density at radius 1 is 0.926 bits per heavy atom. The fourth-order valence-electron chi connectivity index (χ4n) is 2.46. The van der Waals surface area contributed by atoms with Gasteiger partial charge in [0, 0.05) is 4.47 Å². The van der Waals surface area contributed by atoms with Crippen molar-refractivity contribution in [2.45, 2.75) is 6.92 Å². The molecule has 0 radical (unpaired) electrons. The Morgan fingerprint density at radius 3 is 2.22 bits per heavy atom. The number of hydrogen-bond acceptors (Lipinski definition) is 3. The monoisotopic (exact) mass is 422 g/mol. The number of nitrogens with one attached hydrogen (secondary N) is 1. The predicted molar refractivity (Wildman–Crippen MR) is 112 cm³/mol. The van der Waals surface area contributed by atoms with Crippen LogP contribution in [0.5, 0.6) is 5.75 Å². The van der Waals surface area contributed by atoms with Gasteiger partial charge in [-0.25, -0.2) is 5.43 Å². The second-order valence-electron chi connectivity index (χ2n) is 5.92. The van der Waals surface area contributed by atoms with Crippen molar-refractivity contribution in [3.05, 3.63) is 88.9 Å². The minimum Gasteiger partial charge on any atom is -0.484 e. The van der Waals surface area contributed by atoms with Gasteiger partial charge in [-0.2, -0.15) is 5.10 Å². The molecule has 0 aliphatic carbocycles. The maximum atomic E-state index is 11.9. The molecular weight excluding hydrogens is 404 g/mol. The summed E-state index contributed by atoms with van der Waals surface area (Å²) in [5.74, 6) is 0.331. The molecule has 0 aliphatic heterocycles. The highest BCUT2D eigenvalue weighted by atomic mass is 79.9. The van der Waals surface area contributed by atoms with Crippen molar-refractivity contribution in [1.82, 2.24) is 5.43 Å². The average molecular weight is 423 g/mol. The van der Waals surface area contributed by atoms with Crippen molar-refractivity contribution in [3.63, 3.8) is 0 Å². The van der Waals surface area contributed by atoms with Crippen molar-refractivity contribution in [2.75, 3.05) is 6.61 Å². The first-order valence-corrected chi connectivity index (χ1v) is 9.28. The lowest BCUT2D eigenvalue weighted by atomic mass is 10.1. The lowest BCUT2D eigenvalue weighted by molar-refractivity contribution is -0.123. The largest absolute Gasteiger partial charge is 0.484 e. The van der Waals surface area contributed by atoms with E-state index in [1.54, 1.807) is 0 Å². The number of amides is 1. The summed E-state index contributed by atoms with van der Waals surface area (Å²) in [6.45, 7) is 1.74. The van der Waals surface area contributed by atoms with Crippen LogP contribution < -0.4 is 10.2 Å². The molecule has 27 heavy (non-hydrogen) atoms. The zero-order valence-electron chi connectivity index (χ0n) is 14.9. The van der Waals surface area contributed by atoms with Crippen LogP contribution in [0, 0.1) is 0 Å². The van der Waals surface area contributed by atoms with Crippen LogP contribution in [0.15, 0.2) is 88.4 Å². The summed E-state index contributed by atoms with van der Waals surface area (Å²) in [4.78, 5) is 11.9. The summed E-state index contributed by atoms with van der Waals surface area (Å²) in [6.07, 6.45) is 0. The maximum Gasteiger partial charge on any atom is 0.277 e. The Morgan fingerprint density at radius 2 is 1.56 bits per heavy atom. The molecule has 0 fully saturated rings. The fraction of sp³-hybridized carbons (Fsp3) is 0.0909. The van der Waals surface area contributed by atoms with Crippen LogP contribution in [0.3, 0.4) is 0 Å². The molecule has 0 bridgehead atoms. The van der Waals surface area contributed by atoms with Crippen molar-refractivity contribution >= 4 is 27.5 Å². The van der Waals surface area contributed by atoms with Gasteiger partial charge in [0.1, 0.15) is 5.75 Å². The summed E-state index contributed by atoms with van der Waals surface area (Å²) in [5.41, 5.74) is 6.42. The van der Waals surface area contributed by atoms with Crippen molar-refractivity contribution in [1.29, 1.82) is 0 Å². The van der Waals surface area contributed by atoms with E-state index in [2.05, 4.69) is 38.6 Å². The molecule has 136 valence electrons. The number of halogens is 1. The third kappa shape index (κ3) is 5.53. The van der Waals surface area contributed by atoms with E-state index in [9.17, 15) is 4.79 Å². The van der Waals surface area contributed by atoms with Crippen LogP contribution in [0.1, 0.15) is 12.5 Å². The molecule has 1 amide bonds. The van der Waals surface area contributed by atoms with Crippen molar-refractivity contribution in [2.24, 2.45) is 5.10 Å². The highest BCUT2D eigenvalue weighted by Gasteiger charge is 2.04. The molecule has 4 nitrogen and oxygen atoms in total. The highest BCUT2D eigenvalue weighted by molar-refractivity contribution is 9.10. The number of carbonyl (C=O) groups excluding carboxylic acids is 1. The van der Waals surface area contributed by atoms with Gasteiger partial charge >= 0.3 is 0 Å². The lowest BCUT2D eigenvalue weighted by Gasteiger charge is -2.07. The second-order valence-corrected chi connectivity index (χ2v) is 6.83. The number of carbonyl (C=O) groups is 1. The van der Waals surface area contributed by atoms with Crippen LogP contribution in [0.4, 0.5) is 0 Å². The molecule has 0 heterocycles. The Hall–Kier alpha value is -2.92. The lowest BCUT2D eigenvalue weighted by Crippen LogP contribution is -2.25. The van der Waals surface area contributed by atoms with E-state index in [0.717, 1.165) is 26.9 Å². The number of hydrogen-bond donors (Lipinski definition) is 1. The smallest absolute Gasteiger partial charge is 0.277 e. The van der Waals surface area contributed by atoms with Crippen LogP contribution in [-0.4, -0.2) is 18.2 Å². The Balaban J connectivity index is 1.51. The summed E-state index contributed by atoms with van der Waals surface area (Å²) < 4.78 is 6.52. The van der Waals surface area contributed by atoms with Crippen LogP contribution in [-0.2, 0) is 4.79 Å². The van der Waals surface area contributed by atoms with E-state index >= 15 is 0 Å². The Labute approximate surface area is 167 Å². The normalized spacial score (nSPS) is 11.1. The first kappa shape index (κ1) is 18.9. The van der Waals surface area contributed by atoms with Crippen LogP contribution in [0.2, 0.25) is 0 Å². The van der Waals surface area contributed by atoms with Gasteiger partial charge in [-0.15, -0.1) is 0 Å². The van der Waals surface area contributed by atoms with E-state index in [1.807, 2.05) is 73.7 Å². The van der Waals surface area contributed by atoms with E-state index in [-0.39, 0.29) is 12.5 Å². The SMILES string of the molecule is CC(=NNC(=O)COc1ccc(-c2ccccc2)cc1)c1ccc(Br)cc1. The van der Waals surface area contributed by atoms with Crippen molar-refractivity contribution < 1.29 is 9.53 Å². The average Bonchev–Trinajstić information content (AvgIpc) is 2.72. The summed E-state index contributed by atoms with van der Waals surface area (Å²) >= 11 is 3.39. The molecule has 0 saturated heterocycles. The molecule has 0 unspecified atom stereocenters. The number of hydrazone groups is 1. The van der Waals surface area contributed by atoms with E-state index in [4.69, 9.17) is 4.74 Å². The summed E-state index contributed by atoms with van der Waals surface area (Å²) in [6, 6.07) is 25.5. The van der Waals surface area contributed by atoms with Gasteiger partial charge in [0.15, 0.2) is 6.61 Å². The van der Waals surface area contributed by atoms with Crippen LogP contribution >= 0.6 is 15.9 Å². The number of benzene rings is 3. The van der Waals surface area contributed by atoms with Crippen LogP contribution in [0.25, 0.3) is 11.1 Å². The second kappa shape index (κ2) is 9.14. The zero-order valence-corrected chi connectivity index (χ0v) is 16.4. The molecule has 0 aliphatic rings. The third-order valence-corrected chi connectivity index (χ3v) is 4.47. The molecule has 5 heteroatoms. The van der Waals surface area contributed by atoms with Gasteiger partial charge in [-0.3, -0.25) is 4.79 Å². The first-order valence-electron chi connectivity index (χ1n) is 8.49. The Bertz CT molecular complexity index is 921.